The second kappa shape index (κ2) is 7.94. The van der Waals surface area contributed by atoms with Gasteiger partial charge in [0.1, 0.15) is 11.4 Å². The second-order valence-corrected chi connectivity index (χ2v) is 6.41. The van der Waals surface area contributed by atoms with Gasteiger partial charge in [-0.1, -0.05) is 12.1 Å². The zero-order valence-electron chi connectivity index (χ0n) is 14.4. The van der Waals surface area contributed by atoms with Crippen LogP contribution in [0.5, 0.6) is 0 Å². The number of hydrogen-bond acceptors (Lipinski definition) is 3. The van der Waals surface area contributed by atoms with Crippen LogP contribution in [0.15, 0.2) is 24.3 Å². The number of nitrogens with one attached hydrogen (secondary N) is 1. The molecule has 6 heteroatoms. The van der Waals surface area contributed by atoms with Crippen molar-refractivity contribution in [1.82, 2.24) is 10.2 Å². The first-order chi connectivity index (χ1) is 10.6. The van der Waals surface area contributed by atoms with Crippen molar-refractivity contribution in [3.05, 3.63) is 35.6 Å². The monoisotopic (exact) mass is 324 g/mol. The van der Waals surface area contributed by atoms with E-state index >= 15 is 0 Å². The molecule has 0 heterocycles. The molecule has 5 nitrogen and oxygen atoms in total. The van der Waals surface area contributed by atoms with E-state index in [1.54, 1.807) is 44.9 Å². The first kappa shape index (κ1) is 18.9. The van der Waals surface area contributed by atoms with Crippen LogP contribution in [0.1, 0.15) is 45.7 Å². The van der Waals surface area contributed by atoms with E-state index in [2.05, 4.69) is 5.32 Å². The maximum Gasteiger partial charge on any atom is 0.407 e. The molecule has 0 saturated heterocycles. The van der Waals surface area contributed by atoms with Gasteiger partial charge >= 0.3 is 6.09 Å². The SMILES string of the molecule is CC(c1ccc(F)cc1)N(C)C(=O)CCNC(=O)OC(C)(C)C. The molecule has 0 spiro atoms. The van der Waals surface area contributed by atoms with Gasteiger partial charge in [-0.15, -0.1) is 0 Å². The Hall–Kier alpha value is -2.11. The maximum absolute atomic E-state index is 12.9. The van der Waals surface area contributed by atoms with Crippen LogP contribution in [0.2, 0.25) is 0 Å². The minimum Gasteiger partial charge on any atom is -0.444 e. The van der Waals surface area contributed by atoms with Gasteiger partial charge in [0.25, 0.3) is 0 Å². The Morgan fingerprint density at radius 3 is 2.35 bits per heavy atom. The number of benzene rings is 1. The summed E-state index contributed by atoms with van der Waals surface area (Å²) in [5.41, 5.74) is 0.282. The Morgan fingerprint density at radius 1 is 1.26 bits per heavy atom. The van der Waals surface area contributed by atoms with E-state index in [-0.39, 0.29) is 30.7 Å². The molecular formula is C17H25FN2O3. The van der Waals surface area contributed by atoms with E-state index in [4.69, 9.17) is 4.74 Å². The van der Waals surface area contributed by atoms with Gasteiger partial charge in [0.2, 0.25) is 5.91 Å². The molecule has 0 radical (unpaired) electrons. The average Bonchev–Trinajstić information content (AvgIpc) is 2.44. The summed E-state index contributed by atoms with van der Waals surface area (Å²) in [6.07, 6.45) is -0.374. The fourth-order valence-corrected chi connectivity index (χ4v) is 1.94. The Balaban J connectivity index is 2.45. The summed E-state index contributed by atoms with van der Waals surface area (Å²) in [5.74, 6) is -0.422. The summed E-state index contributed by atoms with van der Waals surface area (Å²) >= 11 is 0. The van der Waals surface area contributed by atoms with Crippen molar-refractivity contribution in [2.75, 3.05) is 13.6 Å². The van der Waals surface area contributed by atoms with E-state index in [0.29, 0.717) is 0 Å². The third kappa shape index (κ3) is 6.67. The molecule has 1 rings (SSSR count). The normalized spacial score (nSPS) is 12.4. The molecular weight excluding hydrogens is 299 g/mol. The molecule has 0 bridgehead atoms. The molecule has 1 aromatic carbocycles. The van der Waals surface area contributed by atoms with E-state index in [9.17, 15) is 14.0 Å². The Kier molecular flexibility index (Phi) is 6.54. The summed E-state index contributed by atoms with van der Waals surface area (Å²) in [6.45, 7) is 7.39. The third-order valence-corrected chi connectivity index (χ3v) is 3.33. The van der Waals surface area contributed by atoms with Crippen LogP contribution in [0.4, 0.5) is 9.18 Å². The third-order valence-electron chi connectivity index (χ3n) is 3.33. The molecule has 0 aliphatic rings. The molecule has 0 aliphatic carbocycles. The van der Waals surface area contributed by atoms with Gasteiger partial charge in [0.05, 0.1) is 6.04 Å². The van der Waals surface area contributed by atoms with E-state index < -0.39 is 11.7 Å². The van der Waals surface area contributed by atoms with Crippen molar-refractivity contribution in [2.24, 2.45) is 0 Å². The number of carbonyl (C=O) groups excluding carboxylic acids is 2. The van der Waals surface area contributed by atoms with Crippen LogP contribution in [-0.2, 0) is 9.53 Å². The van der Waals surface area contributed by atoms with Gasteiger partial charge in [-0.3, -0.25) is 4.79 Å². The van der Waals surface area contributed by atoms with Crippen molar-refractivity contribution >= 4 is 12.0 Å². The van der Waals surface area contributed by atoms with Crippen molar-refractivity contribution < 1.29 is 18.7 Å². The lowest BCUT2D eigenvalue weighted by Crippen LogP contribution is -2.36. The Bertz CT molecular complexity index is 538. The van der Waals surface area contributed by atoms with Gasteiger partial charge in [-0.05, 0) is 45.4 Å². The summed E-state index contributed by atoms with van der Waals surface area (Å²) in [6, 6.07) is 5.87. The summed E-state index contributed by atoms with van der Waals surface area (Å²) in [5, 5.41) is 2.55. The zero-order chi connectivity index (χ0) is 17.6. The first-order valence-electron chi connectivity index (χ1n) is 7.58. The quantitative estimate of drug-likeness (QED) is 0.904. The largest absolute Gasteiger partial charge is 0.444 e. The second-order valence-electron chi connectivity index (χ2n) is 6.41. The standard InChI is InChI=1S/C17H25FN2O3/c1-12(13-6-8-14(18)9-7-13)20(5)15(21)10-11-19-16(22)23-17(2,3)4/h6-9,12H,10-11H2,1-5H3,(H,19,22). The number of nitrogens with zero attached hydrogens (tertiary/aromatic N) is 1. The Labute approximate surface area is 136 Å². The van der Waals surface area contributed by atoms with Gasteiger partial charge < -0.3 is 15.0 Å². The summed E-state index contributed by atoms with van der Waals surface area (Å²) in [7, 11) is 1.68. The van der Waals surface area contributed by atoms with Crippen molar-refractivity contribution in [1.29, 1.82) is 0 Å². The highest BCUT2D eigenvalue weighted by Gasteiger charge is 2.19. The molecule has 1 aromatic rings. The number of ether oxygens (including phenoxy) is 1. The average molecular weight is 324 g/mol. The Morgan fingerprint density at radius 2 is 1.83 bits per heavy atom. The molecule has 0 fully saturated rings. The lowest BCUT2D eigenvalue weighted by atomic mass is 10.1. The molecule has 0 saturated carbocycles. The van der Waals surface area contributed by atoms with Gasteiger partial charge in [0, 0.05) is 20.0 Å². The lowest BCUT2D eigenvalue weighted by Gasteiger charge is -2.25. The number of halogens is 1. The molecule has 0 aromatic heterocycles. The van der Waals surface area contributed by atoms with Gasteiger partial charge in [-0.2, -0.15) is 0 Å². The number of carbonyl (C=O) groups is 2. The van der Waals surface area contributed by atoms with Crippen LogP contribution < -0.4 is 5.32 Å². The molecule has 23 heavy (non-hydrogen) atoms. The van der Waals surface area contributed by atoms with Crippen molar-refractivity contribution in [3.8, 4) is 0 Å². The first-order valence-corrected chi connectivity index (χ1v) is 7.58. The molecule has 2 amide bonds. The molecule has 128 valence electrons. The predicted octanol–water partition coefficient (Wildman–Crippen LogP) is 3.26. The van der Waals surface area contributed by atoms with Crippen LogP contribution in [-0.4, -0.2) is 36.1 Å². The van der Waals surface area contributed by atoms with Gasteiger partial charge in [-0.25, -0.2) is 9.18 Å². The topological polar surface area (TPSA) is 58.6 Å². The minimum atomic E-state index is -0.567. The lowest BCUT2D eigenvalue weighted by molar-refractivity contribution is -0.131. The molecule has 1 N–H and O–H groups in total. The minimum absolute atomic E-state index is 0.113. The highest BCUT2D eigenvalue weighted by molar-refractivity contribution is 5.77. The smallest absolute Gasteiger partial charge is 0.407 e. The zero-order valence-corrected chi connectivity index (χ0v) is 14.4. The highest BCUT2D eigenvalue weighted by atomic mass is 19.1. The fourth-order valence-electron chi connectivity index (χ4n) is 1.94. The van der Waals surface area contributed by atoms with Crippen LogP contribution in [0, 0.1) is 5.82 Å². The fraction of sp³-hybridized carbons (Fsp3) is 0.529. The number of alkyl carbamates (subject to hydrolysis) is 1. The van der Waals surface area contributed by atoms with Crippen molar-refractivity contribution in [2.45, 2.75) is 45.8 Å². The number of hydrogen-bond donors (Lipinski definition) is 1. The maximum atomic E-state index is 12.9. The molecule has 1 unspecified atom stereocenters. The highest BCUT2D eigenvalue weighted by Crippen LogP contribution is 2.19. The van der Waals surface area contributed by atoms with Crippen molar-refractivity contribution in [3.63, 3.8) is 0 Å². The van der Waals surface area contributed by atoms with E-state index in [0.717, 1.165) is 5.56 Å². The number of amides is 2. The summed E-state index contributed by atoms with van der Waals surface area (Å²) < 4.78 is 18.0. The molecule has 1 atom stereocenters. The van der Waals surface area contributed by atoms with Crippen LogP contribution in [0.25, 0.3) is 0 Å². The van der Waals surface area contributed by atoms with E-state index in [1.165, 1.54) is 12.1 Å². The van der Waals surface area contributed by atoms with Crippen LogP contribution in [0.3, 0.4) is 0 Å². The van der Waals surface area contributed by atoms with E-state index in [1.807, 2.05) is 6.92 Å². The van der Waals surface area contributed by atoms with Crippen LogP contribution >= 0.6 is 0 Å². The summed E-state index contributed by atoms with van der Waals surface area (Å²) in [4.78, 5) is 25.2. The molecule has 0 aliphatic heterocycles. The van der Waals surface area contributed by atoms with Gasteiger partial charge in [0.15, 0.2) is 0 Å². The number of rotatable bonds is 5. The predicted molar refractivity (Wildman–Crippen MR) is 86.4 cm³/mol.